The van der Waals surface area contributed by atoms with Gasteiger partial charge in [0.05, 0.1) is 23.4 Å². The van der Waals surface area contributed by atoms with Crippen molar-refractivity contribution in [3.05, 3.63) is 35.9 Å². The second-order valence-electron chi connectivity index (χ2n) is 4.66. The number of hydrogen-bond donors (Lipinski definition) is 1. The van der Waals surface area contributed by atoms with Crippen molar-refractivity contribution in [2.45, 2.75) is 24.4 Å². The van der Waals surface area contributed by atoms with Gasteiger partial charge in [0.1, 0.15) is 11.6 Å². The van der Waals surface area contributed by atoms with Gasteiger partial charge in [0.25, 0.3) is 0 Å². The summed E-state index contributed by atoms with van der Waals surface area (Å²) in [5, 5.41) is 9.24. The van der Waals surface area contributed by atoms with Gasteiger partial charge in [0.15, 0.2) is 5.16 Å². The van der Waals surface area contributed by atoms with Gasteiger partial charge in [-0.25, -0.2) is 4.98 Å². The third-order valence-electron chi connectivity index (χ3n) is 3.20. The van der Waals surface area contributed by atoms with Crippen LogP contribution in [0, 0.1) is 6.92 Å². The standard InChI is InChI=1S/C14H17N5OS/c1-10-17-18-14(19(10)7-8-20-2)21-9-13-15-11-5-3-4-6-12(11)16-13/h3-6H,7-9H2,1-2H3,(H,15,16). The molecule has 1 aromatic carbocycles. The first kappa shape index (κ1) is 14.1. The van der Waals surface area contributed by atoms with Crippen LogP contribution in [0.1, 0.15) is 11.6 Å². The fraction of sp³-hybridized carbons (Fsp3) is 0.357. The SMILES string of the molecule is COCCn1c(C)nnc1SCc1nc2ccccc2[nH]1. The van der Waals surface area contributed by atoms with Crippen LogP contribution in [0.2, 0.25) is 0 Å². The number of para-hydroxylation sites is 2. The Kier molecular flexibility index (Phi) is 4.21. The Morgan fingerprint density at radius 3 is 2.95 bits per heavy atom. The van der Waals surface area contributed by atoms with Gasteiger partial charge in [0, 0.05) is 13.7 Å². The lowest BCUT2D eigenvalue weighted by Gasteiger charge is -2.06. The lowest BCUT2D eigenvalue weighted by Crippen LogP contribution is -2.07. The Hall–Kier alpha value is -1.86. The molecule has 21 heavy (non-hydrogen) atoms. The van der Waals surface area contributed by atoms with Crippen molar-refractivity contribution < 1.29 is 4.74 Å². The van der Waals surface area contributed by atoms with Crippen molar-refractivity contribution in [3.63, 3.8) is 0 Å². The highest BCUT2D eigenvalue weighted by Crippen LogP contribution is 2.22. The van der Waals surface area contributed by atoms with E-state index in [1.54, 1.807) is 18.9 Å². The Labute approximate surface area is 126 Å². The molecule has 0 radical (unpaired) electrons. The zero-order chi connectivity index (χ0) is 14.7. The highest BCUT2D eigenvalue weighted by molar-refractivity contribution is 7.98. The second kappa shape index (κ2) is 6.28. The third kappa shape index (κ3) is 3.08. The molecule has 0 aliphatic rings. The van der Waals surface area contributed by atoms with Crippen LogP contribution in [-0.2, 0) is 17.0 Å². The van der Waals surface area contributed by atoms with Gasteiger partial charge in [-0.1, -0.05) is 23.9 Å². The molecule has 0 saturated carbocycles. The Balaban J connectivity index is 1.72. The van der Waals surface area contributed by atoms with Gasteiger partial charge in [-0.2, -0.15) is 0 Å². The molecule has 110 valence electrons. The van der Waals surface area contributed by atoms with Crippen LogP contribution in [-0.4, -0.2) is 38.4 Å². The van der Waals surface area contributed by atoms with Crippen LogP contribution >= 0.6 is 11.8 Å². The molecule has 0 aliphatic heterocycles. The first-order valence-corrected chi connectivity index (χ1v) is 7.71. The summed E-state index contributed by atoms with van der Waals surface area (Å²) in [7, 11) is 1.70. The molecule has 1 N–H and O–H groups in total. The zero-order valence-corrected chi connectivity index (χ0v) is 12.9. The largest absolute Gasteiger partial charge is 0.383 e. The number of aromatic nitrogens is 5. The summed E-state index contributed by atoms with van der Waals surface area (Å²) in [5.74, 6) is 2.58. The van der Waals surface area contributed by atoms with Crippen LogP contribution in [0.5, 0.6) is 0 Å². The topological polar surface area (TPSA) is 68.6 Å². The third-order valence-corrected chi connectivity index (χ3v) is 4.18. The number of hydrogen-bond acceptors (Lipinski definition) is 5. The minimum Gasteiger partial charge on any atom is -0.383 e. The van der Waals surface area contributed by atoms with E-state index in [-0.39, 0.29) is 0 Å². The van der Waals surface area contributed by atoms with E-state index in [1.807, 2.05) is 31.2 Å². The molecular formula is C14H17N5OS. The smallest absolute Gasteiger partial charge is 0.191 e. The number of imidazole rings is 1. The molecule has 2 heterocycles. The summed E-state index contributed by atoms with van der Waals surface area (Å²) >= 11 is 1.63. The van der Waals surface area contributed by atoms with E-state index in [0.717, 1.165) is 40.1 Å². The number of nitrogens with zero attached hydrogens (tertiary/aromatic N) is 4. The maximum atomic E-state index is 5.12. The molecule has 7 heteroatoms. The van der Waals surface area contributed by atoms with Crippen molar-refractivity contribution in [3.8, 4) is 0 Å². The number of aryl methyl sites for hydroxylation is 1. The normalized spacial score (nSPS) is 11.3. The quantitative estimate of drug-likeness (QED) is 0.708. The molecule has 0 amide bonds. The van der Waals surface area contributed by atoms with Crippen LogP contribution in [0.3, 0.4) is 0 Å². The Bertz CT molecular complexity index is 703. The molecule has 0 atom stereocenters. The summed E-state index contributed by atoms with van der Waals surface area (Å²) < 4.78 is 7.19. The van der Waals surface area contributed by atoms with Gasteiger partial charge < -0.3 is 14.3 Å². The number of aromatic amines is 1. The number of thioether (sulfide) groups is 1. The second-order valence-corrected chi connectivity index (χ2v) is 5.61. The summed E-state index contributed by atoms with van der Waals surface area (Å²) in [6.07, 6.45) is 0. The molecule has 2 aromatic heterocycles. The molecule has 0 spiro atoms. The van der Waals surface area contributed by atoms with Crippen molar-refractivity contribution in [2.75, 3.05) is 13.7 Å². The van der Waals surface area contributed by atoms with Gasteiger partial charge in [-0.05, 0) is 19.1 Å². The summed E-state index contributed by atoms with van der Waals surface area (Å²) in [6, 6.07) is 8.03. The van der Waals surface area contributed by atoms with E-state index in [2.05, 4.69) is 24.7 Å². The maximum Gasteiger partial charge on any atom is 0.191 e. The van der Waals surface area contributed by atoms with Gasteiger partial charge in [-0.15, -0.1) is 10.2 Å². The molecule has 0 unspecified atom stereocenters. The first-order chi connectivity index (χ1) is 10.3. The summed E-state index contributed by atoms with van der Waals surface area (Å²) in [5.41, 5.74) is 2.05. The van der Waals surface area contributed by atoms with Gasteiger partial charge in [-0.3, -0.25) is 0 Å². The Morgan fingerprint density at radius 2 is 2.14 bits per heavy atom. The first-order valence-electron chi connectivity index (χ1n) is 6.73. The number of rotatable bonds is 6. The molecule has 0 aliphatic carbocycles. The lowest BCUT2D eigenvalue weighted by atomic mass is 10.3. The number of nitrogens with one attached hydrogen (secondary N) is 1. The summed E-state index contributed by atoms with van der Waals surface area (Å²) in [6.45, 7) is 3.36. The molecular weight excluding hydrogens is 286 g/mol. The Morgan fingerprint density at radius 1 is 1.29 bits per heavy atom. The number of fused-ring (bicyclic) bond motifs is 1. The molecule has 3 aromatic rings. The van der Waals surface area contributed by atoms with E-state index in [4.69, 9.17) is 4.74 Å². The van der Waals surface area contributed by atoms with Crippen molar-refractivity contribution in [2.24, 2.45) is 0 Å². The average molecular weight is 303 g/mol. The number of ether oxygens (including phenoxy) is 1. The molecule has 0 bridgehead atoms. The van der Waals surface area contributed by atoms with Gasteiger partial charge in [0.2, 0.25) is 0 Å². The minimum atomic E-state index is 0.650. The van der Waals surface area contributed by atoms with Crippen molar-refractivity contribution >= 4 is 22.8 Å². The van der Waals surface area contributed by atoms with E-state index >= 15 is 0 Å². The monoisotopic (exact) mass is 303 g/mol. The molecule has 0 saturated heterocycles. The fourth-order valence-corrected chi connectivity index (χ4v) is 3.00. The minimum absolute atomic E-state index is 0.650. The van der Waals surface area contributed by atoms with E-state index in [0.29, 0.717) is 6.61 Å². The van der Waals surface area contributed by atoms with E-state index in [9.17, 15) is 0 Å². The van der Waals surface area contributed by atoms with E-state index in [1.165, 1.54) is 0 Å². The van der Waals surface area contributed by atoms with E-state index < -0.39 is 0 Å². The average Bonchev–Trinajstić information content (AvgIpc) is 3.06. The lowest BCUT2D eigenvalue weighted by molar-refractivity contribution is 0.184. The van der Waals surface area contributed by atoms with Crippen LogP contribution in [0.25, 0.3) is 11.0 Å². The molecule has 6 nitrogen and oxygen atoms in total. The highest BCUT2D eigenvalue weighted by atomic mass is 32.2. The van der Waals surface area contributed by atoms with Gasteiger partial charge >= 0.3 is 0 Å². The number of methoxy groups -OCH3 is 1. The van der Waals surface area contributed by atoms with Crippen LogP contribution in [0.4, 0.5) is 0 Å². The predicted octanol–water partition coefficient (Wildman–Crippen LogP) is 2.40. The summed E-state index contributed by atoms with van der Waals surface area (Å²) in [4.78, 5) is 7.89. The molecule has 0 fully saturated rings. The predicted molar refractivity (Wildman–Crippen MR) is 82.3 cm³/mol. The van der Waals surface area contributed by atoms with Crippen LogP contribution < -0.4 is 0 Å². The maximum absolute atomic E-state index is 5.12. The fourth-order valence-electron chi connectivity index (χ4n) is 2.12. The van der Waals surface area contributed by atoms with Crippen LogP contribution in [0.15, 0.2) is 29.4 Å². The van der Waals surface area contributed by atoms with Crippen molar-refractivity contribution in [1.82, 2.24) is 24.7 Å². The molecule has 3 rings (SSSR count). The van der Waals surface area contributed by atoms with Crippen molar-refractivity contribution in [1.29, 1.82) is 0 Å². The highest BCUT2D eigenvalue weighted by Gasteiger charge is 2.10. The number of H-pyrrole nitrogens is 1. The zero-order valence-electron chi connectivity index (χ0n) is 12.0. The number of benzene rings is 1.